The summed E-state index contributed by atoms with van der Waals surface area (Å²) >= 11 is 0. The molecule has 0 radical (unpaired) electrons. The molecule has 0 aliphatic heterocycles. The Hall–Kier alpha value is -1.24. The minimum Gasteiger partial charge on any atom is -0.118 e. The molecule has 16 heavy (non-hydrogen) atoms. The Bertz CT molecular complexity index is 262. The van der Waals surface area contributed by atoms with E-state index in [-0.39, 0.29) is 0 Å². The minimum atomic E-state index is 0.449. The molecule has 0 N–H and O–H groups in total. The molecule has 1 aromatic rings. The van der Waals surface area contributed by atoms with Crippen molar-refractivity contribution in [2.75, 3.05) is 0 Å². The van der Waals surface area contributed by atoms with Crippen molar-refractivity contribution in [1.82, 2.24) is 0 Å². The van der Waals surface area contributed by atoms with Crippen LogP contribution in [0.5, 0.6) is 0 Å². The van der Waals surface area contributed by atoms with Crippen molar-refractivity contribution in [3.8, 4) is 0 Å². The smallest absolute Gasteiger partial charge is 0.118 e. The van der Waals surface area contributed by atoms with E-state index in [4.69, 9.17) is 0 Å². The summed E-state index contributed by atoms with van der Waals surface area (Å²) in [7, 11) is 0. The number of rotatable bonds is 3. The van der Waals surface area contributed by atoms with Crippen molar-refractivity contribution >= 4 is 12.8 Å². The molecule has 1 rings (SSSR count). The molecule has 0 saturated carbocycles. The monoisotopic (exact) mass is 216 g/mol. The third-order valence-electron chi connectivity index (χ3n) is 1.76. The molecule has 0 nitrogen and oxygen atoms in total. The highest BCUT2D eigenvalue weighted by Gasteiger charge is 1.92. The van der Waals surface area contributed by atoms with Gasteiger partial charge in [-0.15, -0.1) is 18.5 Å². The van der Waals surface area contributed by atoms with Crippen LogP contribution in [0.4, 0.5) is 0 Å². The predicted octanol–water partition coefficient (Wildman–Crippen LogP) is 5.14. The molecule has 0 aromatic heterocycles. The van der Waals surface area contributed by atoms with Crippen molar-refractivity contribution in [1.29, 1.82) is 0 Å². The molecule has 0 unspecified atom stereocenters. The molecular weight excluding hydrogens is 191 g/mol. The third kappa shape index (κ3) is 9.33. The van der Waals surface area contributed by atoms with Crippen molar-refractivity contribution in [2.24, 2.45) is 0 Å². The molecule has 0 atom stereocenters. The van der Waals surface area contributed by atoms with Gasteiger partial charge in [0.25, 0.3) is 0 Å². The molecule has 0 aliphatic rings. The summed E-state index contributed by atoms with van der Waals surface area (Å²) in [5.41, 5.74) is 1.24. The third-order valence-corrected chi connectivity index (χ3v) is 1.76. The fraction of sp³-hybridized carbons (Fsp3) is 0.333. The van der Waals surface area contributed by atoms with E-state index in [9.17, 15) is 0 Å². The molecule has 0 fully saturated rings. The Morgan fingerprint density at radius 3 is 1.94 bits per heavy atom. The summed E-state index contributed by atoms with van der Waals surface area (Å²) in [5, 5.41) is 0. The first-order valence-corrected chi connectivity index (χ1v) is 6.18. The van der Waals surface area contributed by atoms with E-state index >= 15 is 0 Å². The largest absolute Gasteiger partial charge is 0.188 e. The Kier molecular flexibility index (Phi) is 14.8. The maximum Gasteiger partial charge on any atom is 0.188 e. The summed E-state index contributed by atoms with van der Waals surface area (Å²) in [4.78, 5) is 0. The summed E-state index contributed by atoms with van der Waals surface area (Å²) in [6.07, 6.45) is 2.12. The zero-order chi connectivity index (χ0) is 12.8. The average molecular weight is 216 g/mol. The standard InChI is InChI=1S/C11H13B.2C2H6/c1-3-12(2)10-9-11-7-5-4-6-8-11;2*1-2/h3-10H,1H2,2H3;2*1-2H3. The van der Waals surface area contributed by atoms with Crippen molar-refractivity contribution in [3.05, 3.63) is 54.4 Å². The quantitative estimate of drug-likeness (QED) is 0.613. The Morgan fingerprint density at radius 2 is 1.50 bits per heavy atom. The van der Waals surface area contributed by atoms with Gasteiger partial charge in [0.15, 0.2) is 6.71 Å². The van der Waals surface area contributed by atoms with Gasteiger partial charge in [0, 0.05) is 0 Å². The van der Waals surface area contributed by atoms with Gasteiger partial charge < -0.3 is 0 Å². The van der Waals surface area contributed by atoms with Gasteiger partial charge in [-0.2, -0.15) is 0 Å². The molecule has 88 valence electrons. The molecule has 0 aliphatic carbocycles. The van der Waals surface area contributed by atoms with E-state index < -0.39 is 0 Å². The van der Waals surface area contributed by atoms with Gasteiger partial charge in [-0.3, -0.25) is 0 Å². The SMILES string of the molecule is C=CB(C)C=Cc1ccccc1.CC.CC. The molecule has 0 amide bonds. The van der Waals surface area contributed by atoms with Gasteiger partial charge in [-0.25, -0.2) is 0 Å². The zero-order valence-electron chi connectivity index (χ0n) is 11.4. The van der Waals surface area contributed by atoms with E-state index in [0.29, 0.717) is 6.71 Å². The van der Waals surface area contributed by atoms with Crippen molar-refractivity contribution < 1.29 is 0 Å². The molecule has 0 heterocycles. The topological polar surface area (TPSA) is 0 Å². The van der Waals surface area contributed by atoms with E-state index in [0.717, 1.165) is 0 Å². The van der Waals surface area contributed by atoms with Crippen LogP contribution in [-0.4, -0.2) is 6.71 Å². The van der Waals surface area contributed by atoms with Gasteiger partial charge in [-0.05, 0) is 5.56 Å². The minimum absolute atomic E-state index is 0.449. The molecule has 1 aromatic carbocycles. The summed E-state index contributed by atoms with van der Waals surface area (Å²) in [6, 6.07) is 10.3. The van der Waals surface area contributed by atoms with Crippen molar-refractivity contribution in [2.45, 2.75) is 34.5 Å². The summed E-state index contributed by atoms with van der Waals surface area (Å²) < 4.78 is 0. The van der Waals surface area contributed by atoms with Crippen LogP contribution in [0.2, 0.25) is 6.82 Å². The normalized spacial score (nSPS) is 8.31. The maximum atomic E-state index is 3.72. The van der Waals surface area contributed by atoms with Crippen LogP contribution >= 0.6 is 0 Å². The summed E-state index contributed by atoms with van der Waals surface area (Å²) in [6.45, 7) is 14.3. The Morgan fingerprint density at radius 1 is 1.00 bits per heavy atom. The van der Waals surface area contributed by atoms with Crippen LogP contribution in [0.3, 0.4) is 0 Å². The molecule has 1 heteroatoms. The van der Waals surface area contributed by atoms with E-state index in [1.165, 1.54) is 5.56 Å². The fourth-order valence-corrected chi connectivity index (χ4v) is 0.906. The molecule has 0 spiro atoms. The van der Waals surface area contributed by atoms with E-state index in [1.807, 2.05) is 51.9 Å². The first-order valence-electron chi connectivity index (χ1n) is 6.18. The van der Waals surface area contributed by atoms with Crippen molar-refractivity contribution in [3.63, 3.8) is 0 Å². The highest BCUT2D eigenvalue weighted by molar-refractivity contribution is 6.68. The lowest BCUT2D eigenvalue weighted by molar-refractivity contribution is 1.50. The predicted molar refractivity (Wildman–Crippen MR) is 80.0 cm³/mol. The van der Waals surface area contributed by atoms with Gasteiger partial charge in [0.1, 0.15) is 0 Å². The van der Waals surface area contributed by atoms with Crippen LogP contribution in [0.15, 0.2) is 48.9 Å². The van der Waals surface area contributed by atoms with E-state index in [1.54, 1.807) is 0 Å². The molecule has 0 saturated heterocycles. The second kappa shape index (κ2) is 13.8. The molecule has 0 bridgehead atoms. The Labute approximate surface area is 102 Å². The molecular formula is C15H25B. The highest BCUT2D eigenvalue weighted by atomic mass is 13.8. The van der Waals surface area contributed by atoms with Gasteiger partial charge in [0.05, 0.1) is 0 Å². The summed E-state index contributed by atoms with van der Waals surface area (Å²) in [5.74, 6) is 4.07. The lowest BCUT2D eigenvalue weighted by atomic mass is 9.52. The van der Waals surface area contributed by atoms with Crippen LogP contribution in [0, 0.1) is 0 Å². The number of benzene rings is 1. The van der Waals surface area contributed by atoms with Crippen LogP contribution in [-0.2, 0) is 0 Å². The fourth-order valence-electron chi connectivity index (χ4n) is 0.906. The van der Waals surface area contributed by atoms with Crippen LogP contribution in [0.1, 0.15) is 33.3 Å². The van der Waals surface area contributed by atoms with Crippen LogP contribution in [0.25, 0.3) is 6.08 Å². The number of hydrogen-bond acceptors (Lipinski definition) is 0. The highest BCUT2D eigenvalue weighted by Crippen LogP contribution is 2.01. The Balaban J connectivity index is 0. The zero-order valence-corrected chi connectivity index (χ0v) is 11.4. The lowest BCUT2D eigenvalue weighted by Crippen LogP contribution is -1.95. The lowest BCUT2D eigenvalue weighted by Gasteiger charge is -1.92. The second-order valence-electron chi connectivity index (χ2n) is 2.86. The first-order chi connectivity index (χ1) is 7.83. The van der Waals surface area contributed by atoms with Gasteiger partial charge in [0.2, 0.25) is 0 Å². The van der Waals surface area contributed by atoms with Gasteiger partial charge >= 0.3 is 0 Å². The van der Waals surface area contributed by atoms with E-state index in [2.05, 4.69) is 37.6 Å². The van der Waals surface area contributed by atoms with Gasteiger partial charge in [-0.1, -0.05) is 70.9 Å². The second-order valence-corrected chi connectivity index (χ2v) is 2.86. The van der Waals surface area contributed by atoms with Crippen LogP contribution < -0.4 is 0 Å². The number of hydrogen-bond donors (Lipinski definition) is 0. The first kappa shape index (κ1) is 17.2. The maximum absolute atomic E-state index is 3.72. The average Bonchev–Trinajstić information content (AvgIpc) is 2.41.